The van der Waals surface area contributed by atoms with E-state index in [1.807, 2.05) is 6.07 Å². The molecule has 0 fully saturated rings. The molecular formula is C9H11O. The Kier molecular flexibility index (Phi) is 2.32. The molecule has 0 heterocycles. The molecule has 0 aromatic heterocycles. The van der Waals surface area contributed by atoms with Crippen molar-refractivity contribution in [2.45, 2.75) is 19.8 Å². The Labute approximate surface area is 61.3 Å². The monoisotopic (exact) mass is 135 g/mol. The van der Waals surface area contributed by atoms with E-state index in [1.54, 1.807) is 12.1 Å². The zero-order valence-corrected chi connectivity index (χ0v) is 6.09. The van der Waals surface area contributed by atoms with Crippen molar-refractivity contribution in [2.75, 3.05) is 0 Å². The number of benzene rings is 1. The molecule has 0 atom stereocenters. The lowest BCUT2D eigenvalue weighted by Crippen LogP contribution is -1.82. The minimum atomic E-state index is 0.389. The summed E-state index contributed by atoms with van der Waals surface area (Å²) >= 11 is 0. The smallest absolute Gasteiger partial charge is 0.118 e. The fourth-order valence-corrected chi connectivity index (χ4v) is 0.926. The Balaban J connectivity index is 2.81. The zero-order valence-electron chi connectivity index (χ0n) is 6.09. The summed E-state index contributed by atoms with van der Waals surface area (Å²) in [6.45, 7) is 2.09. The normalized spacial score (nSPS) is 9.70. The number of aromatic hydroxyl groups is 1. The maximum Gasteiger partial charge on any atom is 0.118 e. The first-order valence-electron chi connectivity index (χ1n) is 3.52. The molecule has 0 saturated heterocycles. The van der Waals surface area contributed by atoms with Gasteiger partial charge in [0.25, 0.3) is 0 Å². The van der Waals surface area contributed by atoms with Crippen LogP contribution in [0, 0.1) is 6.07 Å². The summed E-state index contributed by atoms with van der Waals surface area (Å²) in [6, 6.07) is 8.15. The number of hydrogen-bond donors (Lipinski definition) is 1. The molecule has 0 saturated carbocycles. The number of hydrogen-bond acceptors (Lipinski definition) is 1. The Morgan fingerprint density at radius 1 is 1.60 bits per heavy atom. The molecule has 0 bridgehead atoms. The maximum atomic E-state index is 9.22. The van der Waals surface area contributed by atoms with Gasteiger partial charge in [-0.2, -0.15) is 0 Å². The number of rotatable bonds is 2. The van der Waals surface area contributed by atoms with E-state index in [9.17, 15) is 5.11 Å². The molecular weight excluding hydrogens is 124 g/mol. The molecule has 1 nitrogen and oxygen atoms in total. The lowest BCUT2D eigenvalue weighted by molar-refractivity contribution is 0.467. The van der Waals surface area contributed by atoms with Crippen LogP contribution in [-0.2, 0) is 6.42 Å². The van der Waals surface area contributed by atoms with Crippen molar-refractivity contribution in [3.05, 3.63) is 29.8 Å². The highest BCUT2D eigenvalue weighted by Crippen LogP contribution is 2.16. The van der Waals surface area contributed by atoms with E-state index in [-0.39, 0.29) is 0 Å². The van der Waals surface area contributed by atoms with Crippen LogP contribution in [0.15, 0.2) is 18.2 Å². The van der Waals surface area contributed by atoms with Gasteiger partial charge in [0.1, 0.15) is 5.75 Å². The van der Waals surface area contributed by atoms with Crippen molar-refractivity contribution in [2.24, 2.45) is 0 Å². The van der Waals surface area contributed by atoms with Crippen LogP contribution < -0.4 is 0 Å². The predicted octanol–water partition coefficient (Wildman–Crippen LogP) is 2.14. The van der Waals surface area contributed by atoms with Crippen molar-refractivity contribution in [1.29, 1.82) is 0 Å². The van der Waals surface area contributed by atoms with Crippen LogP contribution in [0.3, 0.4) is 0 Å². The highest BCUT2D eigenvalue weighted by Gasteiger charge is 1.95. The van der Waals surface area contributed by atoms with Crippen molar-refractivity contribution in [3.63, 3.8) is 0 Å². The van der Waals surface area contributed by atoms with Gasteiger partial charge in [0.05, 0.1) is 0 Å². The van der Waals surface area contributed by atoms with E-state index < -0.39 is 0 Å². The highest BCUT2D eigenvalue weighted by molar-refractivity contribution is 5.30. The summed E-state index contributed by atoms with van der Waals surface area (Å²) in [4.78, 5) is 0. The molecule has 1 aromatic carbocycles. The second-order valence-corrected chi connectivity index (χ2v) is 2.30. The average Bonchev–Trinajstić information content (AvgIpc) is 1.94. The summed E-state index contributed by atoms with van der Waals surface area (Å²) in [5, 5.41) is 9.22. The number of phenolic OH excluding ortho intramolecular Hbond substituents is 1. The van der Waals surface area contributed by atoms with Gasteiger partial charge in [-0.1, -0.05) is 19.4 Å². The lowest BCUT2D eigenvalue weighted by Gasteiger charge is -1.99. The third-order valence-electron chi connectivity index (χ3n) is 1.44. The summed E-state index contributed by atoms with van der Waals surface area (Å²) in [6.07, 6.45) is 1.99. The molecule has 53 valence electrons. The van der Waals surface area contributed by atoms with Crippen molar-refractivity contribution < 1.29 is 5.11 Å². The second kappa shape index (κ2) is 3.25. The molecule has 0 unspecified atom stereocenters. The zero-order chi connectivity index (χ0) is 7.40. The van der Waals surface area contributed by atoms with Crippen molar-refractivity contribution in [3.8, 4) is 5.75 Å². The largest absolute Gasteiger partial charge is 0.508 e. The lowest BCUT2D eigenvalue weighted by atomic mass is 10.1. The van der Waals surface area contributed by atoms with Crippen LogP contribution in [0.2, 0.25) is 0 Å². The van der Waals surface area contributed by atoms with Gasteiger partial charge in [0, 0.05) is 0 Å². The first kappa shape index (κ1) is 7.13. The SMILES string of the molecule is CCCc1c[c]ccc1O. The Hall–Kier alpha value is -0.980. The third-order valence-corrected chi connectivity index (χ3v) is 1.44. The number of aryl methyl sites for hydroxylation is 1. The minimum absolute atomic E-state index is 0.389. The fraction of sp³-hybridized carbons (Fsp3) is 0.333. The summed E-state index contributed by atoms with van der Waals surface area (Å²) in [5.41, 5.74) is 0.991. The van der Waals surface area contributed by atoms with Gasteiger partial charge >= 0.3 is 0 Å². The average molecular weight is 135 g/mol. The van der Waals surface area contributed by atoms with E-state index in [0.717, 1.165) is 18.4 Å². The van der Waals surface area contributed by atoms with E-state index in [0.29, 0.717) is 5.75 Å². The van der Waals surface area contributed by atoms with Gasteiger partial charge < -0.3 is 5.11 Å². The molecule has 1 heteroatoms. The Morgan fingerprint density at radius 3 is 3.00 bits per heavy atom. The minimum Gasteiger partial charge on any atom is -0.508 e. The first-order valence-corrected chi connectivity index (χ1v) is 3.52. The fourth-order valence-electron chi connectivity index (χ4n) is 0.926. The summed E-state index contributed by atoms with van der Waals surface area (Å²) < 4.78 is 0. The molecule has 1 N–H and O–H groups in total. The summed E-state index contributed by atoms with van der Waals surface area (Å²) in [7, 11) is 0. The highest BCUT2D eigenvalue weighted by atomic mass is 16.3. The third kappa shape index (κ3) is 1.50. The topological polar surface area (TPSA) is 20.2 Å². The Bertz CT molecular complexity index is 206. The van der Waals surface area contributed by atoms with Gasteiger partial charge in [-0.3, -0.25) is 0 Å². The first-order chi connectivity index (χ1) is 4.84. The van der Waals surface area contributed by atoms with Crippen LogP contribution in [-0.4, -0.2) is 5.11 Å². The second-order valence-electron chi connectivity index (χ2n) is 2.30. The molecule has 10 heavy (non-hydrogen) atoms. The summed E-state index contributed by atoms with van der Waals surface area (Å²) in [5.74, 6) is 0.389. The molecule has 1 aromatic rings. The van der Waals surface area contributed by atoms with Crippen molar-refractivity contribution >= 4 is 0 Å². The van der Waals surface area contributed by atoms with Crippen LogP contribution in [0.25, 0.3) is 0 Å². The van der Waals surface area contributed by atoms with Crippen molar-refractivity contribution in [1.82, 2.24) is 0 Å². The van der Waals surface area contributed by atoms with Gasteiger partial charge in [-0.05, 0) is 30.2 Å². The van der Waals surface area contributed by atoms with E-state index in [4.69, 9.17) is 0 Å². The molecule has 0 spiro atoms. The maximum absolute atomic E-state index is 9.22. The van der Waals surface area contributed by atoms with Crippen LogP contribution in [0.4, 0.5) is 0 Å². The molecule has 0 amide bonds. The van der Waals surface area contributed by atoms with Crippen LogP contribution in [0.5, 0.6) is 5.75 Å². The van der Waals surface area contributed by atoms with Gasteiger partial charge in [0.15, 0.2) is 0 Å². The van der Waals surface area contributed by atoms with E-state index in [1.165, 1.54) is 0 Å². The van der Waals surface area contributed by atoms with E-state index >= 15 is 0 Å². The standard InChI is InChI=1S/C9H11O/c1-2-5-8-6-3-4-7-9(8)10/h4,6-7,10H,2,5H2,1H3. The van der Waals surface area contributed by atoms with Crippen LogP contribution in [0.1, 0.15) is 18.9 Å². The number of phenols is 1. The molecule has 1 radical (unpaired) electrons. The Morgan fingerprint density at radius 2 is 2.40 bits per heavy atom. The van der Waals surface area contributed by atoms with Gasteiger partial charge in [0.2, 0.25) is 0 Å². The quantitative estimate of drug-likeness (QED) is 0.658. The molecule has 1 rings (SSSR count). The van der Waals surface area contributed by atoms with Gasteiger partial charge in [-0.15, -0.1) is 0 Å². The predicted molar refractivity (Wildman–Crippen MR) is 40.9 cm³/mol. The van der Waals surface area contributed by atoms with Crippen LogP contribution >= 0.6 is 0 Å². The van der Waals surface area contributed by atoms with E-state index in [2.05, 4.69) is 13.0 Å². The van der Waals surface area contributed by atoms with Gasteiger partial charge in [-0.25, -0.2) is 0 Å². The molecule has 0 aliphatic carbocycles. The molecule has 0 aliphatic heterocycles. The molecule has 0 aliphatic rings.